The molecular weight excluding hydrogens is 254 g/mol. The van der Waals surface area contributed by atoms with Crippen molar-refractivity contribution in [3.63, 3.8) is 0 Å². The Labute approximate surface area is 118 Å². The molecule has 1 heterocycles. The Hall–Kier alpha value is -2.14. The third kappa shape index (κ3) is 2.72. The van der Waals surface area contributed by atoms with Crippen LogP contribution in [-0.4, -0.2) is 24.2 Å². The molecule has 0 amide bonds. The molecule has 20 heavy (non-hydrogen) atoms. The summed E-state index contributed by atoms with van der Waals surface area (Å²) in [6, 6.07) is 5.77. The number of nitrogens with two attached hydrogens (primary N) is 1. The maximum absolute atomic E-state index is 5.64. The summed E-state index contributed by atoms with van der Waals surface area (Å²) < 4.78 is 10.8. The van der Waals surface area contributed by atoms with E-state index >= 15 is 0 Å². The molecule has 0 aliphatic rings. The average Bonchev–Trinajstić information content (AvgIpc) is 2.46. The predicted octanol–water partition coefficient (Wildman–Crippen LogP) is 2.24. The zero-order valence-corrected chi connectivity index (χ0v) is 12.2. The van der Waals surface area contributed by atoms with Gasteiger partial charge in [0.25, 0.3) is 0 Å². The predicted molar refractivity (Wildman–Crippen MR) is 77.9 cm³/mol. The first-order valence-corrected chi connectivity index (χ1v) is 6.36. The van der Waals surface area contributed by atoms with E-state index in [1.165, 1.54) is 0 Å². The smallest absolute Gasteiger partial charge is 0.142 e. The van der Waals surface area contributed by atoms with Gasteiger partial charge in [-0.25, -0.2) is 9.97 Å². The van der Waals surface area contributed by atoms with Gasteiger partial charge in [-0.15, -0.1) is 0 Å². The standard InChI is InChI=1S/C15H19N3O2/c1-9-5-14(20-4)11(7-13(9)19-3)12-6-10(2)17-15(8-16)18-12/h5-7H,8,16H2,1-4H3. The molecule has 5 nitrogen and oxygen atoms in total. The van der Waals surface area contributed by atoms with E-state index in [-0.39, 0.29) is 0 Å². The molecule has 1 aromatic heterocycles. The van der Waals surface area contributed by atoms with Crippen LogP contribution in [0.5, 0.6) is 11.5 Å². The molecule has 0 spiro atoms. The highest BCUT2D eigenvalue weighted by Gasteiger charge is 2.13. The minimum atomic E-state index is 0.306. The maximum Gasteiger partial charge on any atom is 0.142 e. The number of hydrogen-bond donors (Lipinski definition) is 1. The molecule has 0 atom stereocenters. The van der Waals surface area contributed by atoms with Crippen molar-refractivity contribution in [3.8, 4) is 22.8 Å². The Morgan fingerprint density at radius 3 is 2.30 bits per heavy atom. The Bertz CT molecular complexity index is 627. The van der Waals surface area contributed by atoms with Crippen molar-refractivity contribution in [2.45, 2.75) is 20.4 Å². The summed E-state index contributed by atoms with van der Waals surface area (Å²) in [4.78, 5) is 8.75. The van der Waals surface area contributed by atoms with Gasteiger partial charge < -0.3 is 15.2 Å². The molecule has 0 radical (unpaired) electrons. The molecule has 0 saturated carbocycles. The van der Waals surface area contributed by atoms with E-state index in [1.54, 1.807) is 14.2 Å². The molecule has 2 aromatic rings. The van der Waals surface area contributed by atoms with Crippen molar-refractivity contribution in [2.75, 3.05) is 14.2 Å². The minimum absolute atomic E-state index is 0.306. The number of benzene rings is 1. The molecule has 0 saturated heterocycles. The van der Waals surface area contributed by atoms with Gasteiger partial charge in [0.05, 0.1) is 26.5 Å². The van der Waals surface area contributed by atoms with Crippen LogP contribution in [0.15, 0.2) is 18.2 Å². The molecule has 0 bridgehead atoms. The van der Waals surface area contributed by atoms with Crippen LogP contribution in [-0.2, 0) is 6.54 Å². The normalized spacial score (nSPS) is 10.4. The number of nitrogens with zero attached hydrogens (tertiary/aromatic N) is 2. The third-order valence-electron chi connectivity index (χ3n) is 3.08. The zero-order valence-electron chi connectivity index (χ0n) is 12.2. The van der Waals surface area contributed by atoms with Crippen molar-refractivity contribution >= 4 is 0 Å². The van der Waals surface area contributed by atoms with Gasteiger partial charge in [-0.05, 0) is 37.6 Å². The first kappa shape index (κ1) is 14.3. The van der Waals surface area contributed by atoms with Crippen LogP contribution in [0.4, 0.5) is 0 Å². The van der Waals surface area contributed by atoms with Crippen LogP contribution < -0.4 is 15.2 Å². The molecular formula is C15H19N3O2. The van der Waals surface area contributed by atoms with Crippen molar-refractivity contribution in [2.24, 2.45) is 5.73 Å². The summed E-state index contributed by atoms with van der Waals surface area (Å²) in [6.45, 7) is 4.20. The number of aromatic nitrogens is 2. The third-order valence-corrected chi connectivity index (χ3v) is 3.08. The lowest BCUT2D eigenvalue weighted by Crippen LogP contribution is -2.05. The van der Waals surface area contributed by atoms with Crippen molar-refractivity contribution < 1.29 is 9.47 Å². The van der Waals surface area contributed by atoms with Gasteiger partial charge in [0.15, 0.2) is 0 Å². The lowest BCUT2D eigenvalue weighted by Gasteiger charge is -2.13. The summed E-state index contributed by atoms with van der Waals surface area (Å²) >= 11 is 0. The highest BCUT2D eigenvalue weighted by atomic mass is 16.5. The van der Waals surface area contributed by atoms with E-state index in [1.807, 2.05) is 32.0 Å². The van der Waals surface area contributed by atoms with E-state index < -0.39 is 0 Å². The van der Waals surface area contributed by atoms with E-state index in [0.29, 0.717) is 12.4 Å². The Morgan fingerprint density at radius 1 is 1.00 bits per heavy atom. The first-order chi connectivity index (χ1) is 9.58. The van der Waals surface area contributed by atoms with Gasteiger partial charge >= 0.3 is 0 Å². The second kappa shape index (κ2) is 5.88. The van der Waals surface area contributed by atoms with Crippen molar-refractivity contribution in [1.82, 2.24) is 9.97 Å². The van der Waals surface area contributed by atoms with Crippen LogP contribution in [0.3, 0.4) is 0 Å². The fourth-order valence-corrected chi connectivity index (χ4v) is 2.11. The van der Waals surface area contributed by atoms with Gasteiger partial charge in [-0.2, -0.15) is 0 Å². The lowest BCUT2D eigenvalue weighted by atomic mass is 10.1. The molecule has 0 aliphatic carbocycles. The second-order valence-corrected chi connectivity index (χ2v) is 4.54. The largest absolute Gasteiger partial charge is 0.496 e. The molecule has 5 heteroatoms. The fourth-order valence-electron chi connectivity index (χ4n) is 2.11. The van der Waals surface area contributed by atoms with Gasteiger partial charge in [0.2, 0.25) is 0 Å². The molecule has 2 N–H and O–H groups in total. The molecule has 1 aromatic carbocycles. The van der Waals surface area contributed by atoms with Crippen LogP contribution >= 0.6 is 0 Å². The first-order valence-electron chi connectivity index (χ1n) is 6.36. The van der Waals surface area contributed by atoms with E-state index in [4.69, 9.17) is 15.2 Å². The number of rotatable bonds is 4. The number of ether oxygens (including phenoxy) is 2. The van der Waals surface area contributed by atoms with Gasteiger partial charge in [-0.1, -0.05) is 0 Å². The van der Waals surface area contributed by atoms with Gasteiger partial charge in [-0.3, -0.25) is 0 Å². The molecule has 0 fully saturated rings. The Balaban J connectivity index is 2.64. The number of hydrogen-bond acceptors (Lipinski definition) is 5. The Kier molecular flexibility index (Phi) is 4.20. The van der Waals surface area contributed by atoms with Crippen LogP contribution in [0.25, 0.3) is 11.3 Å². The van der Waals surface area contributed by atoms with E-state index in [0.717, 1.165) is 34.0 Å². The van der Waals surface area contributed by atoms with Gasteiger partial charge in [0, 0.05) is 11.3 Å². The van der Waals surface area contributed by atoms with Crippen molar-refractivity contribution in [1.29, 1.82) is 0 Å². The average molecular weight is 273 g/mol. The summed E-state index contributed by atoms with van der Waals surface area (Å²) in [5.41, 5.74) is 9.18. The van der Waals surface area contributed by atoms with E-state index in [9.17, 15) is 0 Å². The second-order valence-electron chi connectivity index (χ2n) is 4.54. The quantitative estimate of drug-likeness (QED) is 0.925. The zero-order chi connectivity index (χ0) is 14.7. The van der Waals surface area contributed by atoms with E-state index in [2.05, 4.69) is 9.97 Å². The highest BCUT2D eigenvalue weighted by molar-refractivity contribution is 5.70. The summed E-state index contributed by atoms with van der Waals surface area (Å²) in [5, 5.41) is 0. The summed E-state index contributed by atoms with van der Waals surface area (Å²) in [5.74, 6) is 2.16. The monoisotopic (exact) mass is 273 g/mol. The summed E-state index contributed by atoms with van der Waals surface area (Å²) in [7, 11) is 3.29. The minimum Gasteiger partial charge on any atom is -0.496 e. The molecule has 2 rings (SSSR count). The van der Waals surface area contributed by atoms with Gasteiger partial charge in [0.1, 0.15) is 17.3 Å². The fraction of sp³-hybridized carbons (Fsp3) is 0.333. The summed E-state index contributed by atoms with van der Waals surface area (Å²) in [6.07, 6.45) is 0. The van der Waals surface area contributed by atoms with Crippen LogP contribution in [0.1, 0.15) is 17.1 Å². The Morgan fingerprint density at radius 2 is 1.70 bits per heavy atom. The molecule has 0 unspecified atom stereocenters. The topological polar surface area (TPSA) is 70.3 Å². The van der Waals surface area contributed by atoms with Crippen LogP contribution in [0.2, 0.25) is 0 Å². The molecule has 0 aliphatic heterocycles. The molecule has 106 valence electrons. The SMILES string of the molecule is COc1cc(-c2cc(C)nc(CN)n2)c(OC)cc1C. The number of aryl methyl sites for hydroxylation is 2. The lowest BCUT2D eigenvalue weighted by molar-refractivity contribution is 0.401. The maximum atomic E-state index is 5.64. The van der Waals surface area contributed by atoms with Crippen LogP contribution in [0, 0.1) is 13.8 Å². The number of methoxy groups -OCH3 is 2. The van der Waals surface area contributed by atoms with Crippen molar-refractivity contribution in [3.05, 3.63) is 35.3 Å². The highest BCUT2D eigenvalue weighted by Crippen LogP contribution is 2.35.